The Labute approximate surface area is 336 Å². The van der Waals surface area contributed by atoms with Crippen LogP contribution < -0.4 is 15.5 Å². The van der Waals surface area contributed by atoms with Crippen LogP contribution >= 0.6 is 11.3 Å². The van der Waals surface area contributed by atoms with E-state index >= 15 is 0 Å². The zero-order valence-electron chi connectivity index (χ0n) is 32.9. The van der Waals surface area contributed by atoms with Crippen LogP contribution in [0.3, 0.4) is 0 Å². The predicted octanol–water partition coefficient (Wildman–Crippen LogP) is 3.87. The summed E-state index contributed by atoms with van der Waals surface area (Å²) < 4.78 is 28.1. The van der Waals surface area contributed by atoms with Gasteiger partial charge in [0.15, 0.2) is 5.00 Å². The molecule has 312 valence electrons. The lowest BCUT2D eigenvalue weighted by Gasteiger charge is -2.25. The molecule has 19 heteroatoms. The molecule has 0 aliphatic rings. The van der Waals surface area contributed by atoms with Crippen molar-refractivity contribution < 1.29 is 53.1 Å². The second-order valence-electron chi connectivity index (χ2n) is 12.8. The molecular formula is C38H53N7O11S. The Hall–Kier alpha value is -5.02. The third kappa shape index (κ3) is 19.1. The number of nitriles is 2. The van der Waals surface area contributed by atoms with E-state index in [0.29, 0.717) is 92.6 Å². The van der Waals surface area contributed by atoms with Crippen LogP contribution in [0.25, 0.3) is 0 Å². The van der Waals surface area contributed by atoms with E-state index in [4.69, 9.17) is 33.9 Å². The van der Waals surface area contributed by atoms with Gasteiger partial charge in [-0.1, -0.05) is 13.8 Å². The smallest absolute Gasteiger partial charge is 0.306 e. The van der Waals surface area contributed by atoms with E-state index < -0.39 is 23.8 Å². The van der Waals surface area contributed by atoms with Gasteiger partial charge in [0.05, 0.1) is 89.2 Å². The molecule has 0 fully saturated rings. The van der Waals surface area contributed by atoms with Crippen molar-refractivity contribution in [2.24, 2.45) is 22.1 Å². The number of azo groups is 1. The maximum Gasteiger partial charge on any atom is 0.306 e. The number of ether oxygens (including phenoxy) is 5. The number of carboxylic acids is 2. The summed E-state index contributed by atoms with van der Waals surface area (Å²) in [7, 11) is 0. The molecule has 2 rings (SSSR count). The monoisotopic (exact) mass is 815 g/mol. The van der Waals surface area contributed by atoms with Gasteiger partial charge in [-0.2, -0.15) is 10.5 Å². The summed E-state index contributed by atoms with van der Waals surface area (Å²) in [6.07, 6.45) is -0.180. The molecule has 0 saturated heterocycles. The molecule has 0 aliphatic carbocycles. The van der Waals surface area contributed by atoms with Gasteiger partial charge in [0.1, 0.15) is 17.0 Å². The number of carbonyl (C=O) groups is 4. The molecule has 57 heavy (non-hydrogen) atoms. The average molecular weight is 816 g/mol. The number of hydrogen-bond acceptors (Lipinski definition) is 15. The molecule has 0 aliphatic heterocycles. The number of carboxylic acid groups (broad SMARTS) is 2. The van der Waals surface area contributed by atoms with E-state index in [0.717, 1.165) is 22.6 Å². The lowest BCUT2D eigenvalue weighted by Crippen LogP contribution is -2.32. The van der Waals surface area contributed by atoms with Gasteiger partial charge in [-0.3, -0.25) is 19.2 Å². The van der Waals surface area contributed by atoms with Gasteiger partial charge in [0, 0.05) is 44.7 Å². The van der Waals surface area contributed by atoms with Crippen molar-refractivity contribution >= 4 is 51.5 Å². The molecule has 18 nitrogen and oxygen atoms in total. The summed E-state index contributed by atoms with van der Waals surface area (Å²) in [5.41, 5.74) is 3.29. The van der Waals surface area contributed by atoms with Crippen LogP contribution in [0.4, 0.5) is 16.4 Å². The second-order valence-corrected chi connectivity index (χ2v) is 13.8. The molecule has 1 aromatic heterocycles. The number of anilines is 1. The Morgan fingerprint density at radius 2 is 1.21 bits per heavy atom. The number of amides is 2. The minimum absolute atomic E-state index is 0.0860. The molecule has 2 amide bonds. The van der Waals surface area contributed by atoms with Crippen LogP contribution in [0.5, 0.6) is 0 Å². The van der Waals surface area contributed by atoms with Crippen molar-refractivity contribution in [3.63, 3.8) is 0 Å². The molecule has 0 saturated carbocycles. The largest absolute Gasteiger partial charge is 0.481 e. The fourth-order valence-corrected chi connectivity index (χ4v) is 5.72. The van der Waals surface area contributed by atoms with Gasteiger partial charge in [-0.05, 0) is 43.2 Å². The van der Waals surface area contributed by atoms with Crippen LogP contribution in [0.1, 0.15) is 48.3 Å². The van der Waals surface area contributed by atoms with Crippen LogP contribution in [0.15, 0.2) is 28.4 Å². The van der Waals surface area contributed by atoms with E-state index in [1.54, 1.807) is 6.92 Å². The summed E-state index contributed by atoms with van der Waals surface area (Å²) in [6, 6.07) is 9.90. The highest BCUT2D eigenvalue weighted by atomic mass is 32.1. The summed E-state index contributed by atoms with van der Waals surface area (Å²) in [5.74, 6) is -4.23. The maximum atomic E-state index is 11.8. The molecule has 0 spiro atoms. The fraction of sp³-hybridized carbons (Fsp3) is 0.579. The summed E-state index contributed by atoms with van der Waals surface area (Å²) >= 11 is 1.12. The van der Waals surface area contributed by atoms with Crippen LogP contribution in [0.2, 0.25) is 0 Å². The van der Waals surface area contributed by atoms with E-state index in [2.05, 4.69) is 37.9 Å². The molecule has 1 aromatic carbocycles. The highest BCUT2D eigenvalue weighted by Gasteiger charge is 2.17. The van der Waals surface area contributed by atoms with Crippen molar-refractivity contribution in [1.82, 2.24) is 10.6 Å². The third-order valence-corrected chi connectivity index (χ3v) is 9.31. The van der Waals surface area contributed by atoms with Gasteiger partial charge in [-0.25, -0.2) is 0 Å². The quantitative estimate of drug-likeness (QED) is 0.0646. The number of aliphatic carboxylic acids is 2. The van der Waals surface area contributed by atoms with Gasteiger partial charge in [0.25, 0.3) is 0 Å². The first-order chi connectivity index (χ1) is 27.4. The summed E-state index contributed by atoms with van der Waals surface area (Å²) in [5, 5.41) is 51.0. The van der Waals surface area contributed by atoms with E-state index in [9.17, 15) is 29.7 Å². The zero-order chi connectivity index (χ0) is 42.0. The van der Waals surface area contributed by atoms with Crippen molar-refractivity contribution in [3.8, 4) is 12.1 Å². The van der Waals surface area contributed by atoms with E-state index in [1.807, 2.05) is 25.1 Å². The molecule has 2 unspecified atom stereocenters. The minimum atomic E-state index is -1.02. The Morgan fingerprint density at radius 1 is 0.737 bits per heavy atom. The van der Waals surface area contributed by atoms with E-state index in [1.165, 1.54) is 13.8 Å². The molecule has 2 aromatic rings. The Balaban J connectivity index is 1.81. The number of nitrogens with one attached hydrogen (secondary N) is 2. The van der Waals surface area contributed by atoms with Crippen LogP contribution in [-0.2, 0) is 42.9 Å². The number of thiophene rings is 1. The van der Waals surface area contributed by atoms with Gasteiger partial charge >= 0.3 is 11.9 Å². The lowest BCUT2D eigenvalue weighted by atomic mass is 10.1. The summed E-state index contributed by atoms with van der Waals surface area (Å²) in [4.78, 5) is 47.8. The first kappa shape index (κ1) is 48.1. The van der Waals surface area contributed by atoms with Gasteiger partial charge in [-0.15, -0.1) is 21.6 Å². The van der Waals surface area contributed by atoms with Crippen molar-refractivity contribution in [2.45, 2.75) is 40.5 Å². The standard InChI is InChI=1S/C38H53N7O11S/c1-26-21-30(5-6-32(26)43-44-36-31(24-39)29(4)33(25-40)57-36)45(9-13-54-17-15-52-11-7-41-34(46)22-27(2)37(48)49)10-14-55-18-20-56-19-16-53-12-8-42-35(47)23-28(3)38(50)51/h5-6,21,27-28H,7-20,22-23H2,1-4H3,(H,41,46)(H,42,47)(H,48,49)(H,50,51). The first-order valence-corrected chi connectivity index (χ1v) is 19.3. The van der Waals surface area contributed by atoms with Crippen LogP contribution in [0, 0.1) is 48.3 Å². The minimum Gasteiger partial charge on any atom is -0.481 e. The Bertz CT molecular complexity index is 1710. The maximum absolute atomic E-state index is 11.8. The number of aryl methyl sites for hydroxylation is 1. The molecule has 1 heterocycles. The number of hydrogen-bond donors (Lipinski definition) is 4. The Morgan fingerprint density at radius 3 is 1.65 bits per heavy atom. The van der Waals surface area contributed by atoms with Crippen molar-refractivity contribution in [2.75, 3.05) is 97.1 Å². The molecule has 4 N–H and O–H groups in total. The number of carbonyl (C=O) groups excluding carboxylic acids is 2. The van der Waals surface area contributed by atoms with E-state index in [-0.39, 0.29) is 51.0 Å². The highest BCUT2D eigenvalue weighted by Crippen LogP contribution is 2.36. The van der Waals surface area contributed by atoms with Crippen molar-refractivity contribution in [1.29, 1.82) is 10.5 Å². The van der Waals surface area contributed by atoms with Crippen LogP contribution in [-0.4, -0.2) is 126 Å². The molecule has 0 bridgehead atoms. The SMILES string of the molecule is Cc1cc(N(CCOCCOCCNC(=O)CC(C)C(=O)O)CCOCCOCCOCCNC(=O)CC(C)C(=O)O)ccc1N=Nc1sc(C#N)c(C)c1C#N. The average Bonchev–Trinajstić information content (AvgIpc) is 3.49. The molecular weight excluding hydrogens is 763 g/mol. The Kier molecular flexibility index (Phi) is 23.3. The number of rotatable bonds is 30. The summed E-state index contributed by atoms with van der Waals surface area (Å²) in [6.45, 7) is 11.5. The normalized spacial score (nSPS) is 12.1. The first-order valence-electron chi connectivity index (χ1n) is 18.5. The van der Waals surface area contributed by atoms with Gasteiger partial charge in [0.2, 0.25) is 11.8 Å². The molecule has 2 atom stereocenters. The second kappa shape index (κ2) is 27.6. The molecule has 0 radical (unpaired) electrons. The van der Waals surface area contributed by atoms with Gasteiger partial charge < -0.3 is 49.4 Å². The lowest BCUT2D eigenvalue weighted by molar-refractivity contribution is -0.143. The third-order valence-electron chi connectivity index (χ3n) is 8.23. The zero-order valence-corrected chi connectivity index (χ0v) is 33.7. The highest BCUT2D eigenvalue weighted by molar-refractivity contribution is 7.16. The predicted molar refractivity (Wildman–Crippen MR) is 209 cm³/mol. The number of benzene rings is 1. The van der Waals surface area contributed by atoms with Crippen molar-refractivity contribution in [3.05, 3.63) is 39.8 Å². The fourth-order valence-electron chi connectivity index (χ4n) is 4.84. The number of nitrogens with zero attached hydrogens (tertiary/aromatic N) is 5. The topological polar surface area (TPSA) is 254 Å².